The van der Waals surface area contributed by atoms with E-state index >= 15 is 0 Å². The Kier molecular flexibility index (Phi) is 5.35. The number of pyridine rings is 1. The molecule has 0 radical (unpaired) electrons. The number of hydrogen-bond donors (Lipinski definition) is 3. The summed E-state index contributed by atoms with van der Waals surface area (Å²) in [4.78, 5) is 55.4. The van der Waals surface area contributed by atoms with Crippen LogP contribution in [0.4, 0.5) is 0 Å². The summed E-state index contributed by atoms with van der Waals surface area (Å²) >= 11 is 0. The van der Waals surface area contributed by atoms with Crippen molar-refractivity contribution in [1.82, 2.24) is 19.9 Å². The maximum Gasteiger partial charge on any atom is 0.329 e. The molecule has 0 aliphatic heterocycles. The molecule has 0 bridgehead atoms. The van der Waals surface area contributed by atoms with Gasteiger partial charge in [0.2, 0.25) is 0 Å². The maximum absolute atomic E-state index is 12.9. The molecule has 9 heteroatoms. The van der Waals surface area contributed by atoms with Crippen LogP contribution in [0.2, 0.25) is 0 Å². The highest BCUT2D eigenvalue weighted by molar-refractivity contribution is 6.05. The molecule has 1 aliphatic carbocycles. The van der Waals surface area contributed by atoms with Gasteiger partial charge in [0.25, 0.3) is 11.5 Å². The average Bonchev–Trinajstić information content (AvgIpc) is 2.59. The highest BCUT2D eigenvalue weighted by atomic mass is 16.4. The number of rotatable bonds is 6. The van der Waals surface area contributed by atoms with Gasteiger partial charge in [-0.15, -0.1) is 0 Å². The highest BCUT2D eigenvalue weighted by Crippen LogP contribution is 2.28. The van der Waals surface area contributed by atoms with Crippen LogP contribution in [-0.2, 0) is 11.3 Å². The zero-order valence-corrected chi connectivity index (χ0v) is 16.1. The topological polar surface area (TPSA) is 134 Å². The summed E-state index contributed by atoms with van der Waals surface area (Å²) in [7, 11) is 0. The smallest absolute Gasteiger partial charge is 0.329 e. The van der Waals surface area contributed by atoms with Crippen molar-refractivity contribution in [2.45, 2.75) is 58.5 Å². The van der Waals surface area contributed by atoms with Crippen molar-refractivity contribution in [1.29, 1.82) is 0 Å². The van der Waals surface area contributed by atoms with Crippen LogP contribution in [-0.4, -0.2) is 37.6 Å². The number of hydrogen-bond acceptors (Lipinski definition) is 5. The lowest BCUT2D eigenvalue weighted by Crippen LogP contribution is -2.47. The van der Waals surface area contributed by atoms with Crippen LogP contribution in [0.3, 0.4) is 0 Å². The van der Waals surface area contributed by atoms with Crippen LogP contribution >= 0.6 is 0 Å². The maximum atomic E-state index is 12.9. The normalized spacial score (nSPS) is 18.9. The molecular formula is C19H24N4O5. The summed E-state index contributed by atoms with van der Waals surface area (Å²) in [6.45, 7) is 6.09. The molecule has 2 aromatic heterocycles. The fourth-order valence-electron chi connectivity index (χ4n) is 3.40. The van der Waals surface area contributed by atoms with E-state index in [1.807, 2.05) is 20.8 Å². The second-order valence-corrected chi connectivity index (χ2v) is 7.54. The molecule has 1 saturated carbocycles. The molecule has 0 atom stereocenters. The molecule has 0 saturated heterocycles. The molecule has 0 unspecified atom stereocenters. The van der Waals surface area contributed by atoms with E-state index < -0.39 is 29.0 Å². The van der Waals surface area contributed by atoms with Gasteiger partial charge in [-0.25, -0.2) is 9.78 Å². The molecule has 3 rings (SSSR count). The molecule has 2 heterocycles. The summed E-state index contributed by atoms with van der Waals surface area (Å²) in [6.07, 6.45) is 1.38. The zero-order valence-electron chi connectivity index (χ0n) is 16.1. The Morgan fingerprint density at radius 3 is 2.61 bits per heavy atom. The lowest BCUT2D eigenvalue weighted by Gasteiger charge is -2.32. The summed E-state index contributed by atoms with van der Waals surface area (Å²) < 4.78 is 1.38. The fourth-order valence-corrected chi connectivity index (χ4v) is 3.40. The van der Waals surface area contributed by atoms with Gasteiger partial charge >= 0.3 is 11.7 Å². The average molecular weight is 388 g/mol. The van der Waals surface area contributed by atoms with E-state index in [9.17, 15) is 19.2 Å². The van der Waals surface area contributed by atoms with Crippen molar-refractivity contribution >= 4 is 22.9 Å². The van der Waals surface area contributed by atoms with E-state index in [0.717, 1.165) is 0 Å². The number of nitrogens with zero attached hydrogens (tertiary/aromatic N) is 2. The Balaban J connectivity index is 2.09. The van der Waals surface area contributed by atoms with Crippen LogP contribution in [0, 0.1) is 5.92 Å². The molecule has 0 aromatic carbocycles. The zero-order chi connectivity index (χ0) is 20.6. The summed E-state index contributed by atoms with van der Waals surface area (Å²) in [5.74, 6) is -1.80. The number of amides is 1. The lowest BCUT2D eigenvalue weighted by molar-refractivity contribution is -0.145. The second kappa shape index (κ2) is 7.57. The molecule has 1 amide bonds. The van der Waals surface area contributed by atoms with Gasteiger partial charge < -0.3 is 10.4 Å². The first-order valence-corrected chi connectivity index (χ1v) is 9.44. The number of carbonyl (C=O) groups is 2. The van der Waals surface area contributed by atoms with Gasteiger partial charge in [-0.3, -0.25) is 23.9 Å². The fraction of sp³-hybridized carbons (Fsp3) is 0.526. The summed E-state index contributed by atoms with van der Waals surface area (Å²) in [5.41, 5.74) is -0.258. The molecule has 0 spiro atoms. The third-order valence-corrected chi connectivity index (χ3v) is 5.07. The minimum atomic E-state index is -0.873. The third kappa shape index (κ3) is 3.56. The first-order valence-electron chi connectivity index (χ1n) is 9.44. The third-order valence-electron chi connectivity index (χ3n) is 5.07. The van der Waals surface area contributed by atoms with Crippen molar-refractivity contribution in [3.63, 3.8) is 0 Å². The van der Waals surface area contributed by atoms with E-state index in [1.165, 1.54) is 4.57 Å². The van der Waals surface area contributed by atoms with Crippen molar-refractivity contribution in [2.24, 2.45) is 5.92 Å². The SMILES string of the molecule is CCCn1c(=O)[nH]c(=O)c2c(C(=O)NC3CC(C(=O)O)C3)cc(C(C)C)nc21. The lowest BCUT2D eigenvalue weighted by atomic mass is 9.80. The summed E-state index contributed by atoms with van der Waals surface area (Å²) in [5, 5.41) is 11.9. The number of nitrogens with one attached hydrogen (secondary N) is 2. The Bertz CT molecular complexity index is 1050. The first kappa shape index (κ1) is 19.8. The predicted molar refractivity (Wildman–Crippen MR) is 103 cm³/mol. The van der Waals surface area contributed by atoms with E-state index in [4.69, 9.17) is 5.11 Å². The molecular weight excluding hydrogens is 364 g/mol. The number of aryl methyl sites for hydroxylation is 1. The van der Waals surface area contributed by atoms with Gasteiger partial charge in [0.05, 0.1) is 16.9 Å². The molecule has 2 aromatic rings. The molecule has 1 aliphatic rings. The standard InChI is InChI=1S/C19H24N4O5/c1-4-5-23-15-14(17(25)22-19(23)28)12(8-13(21-15)9(2)3)16(24)20-11-6-10(7-11)18(26)27/h8-11H,4-7H2,1-3H3,(H,20,24)(H,26,27)(H,22,25,28). The molecule has 1 fully saturated rings. The minimum absolute atomic E-state index is 0.0134. The van der Waals surface area contributed by atoms with E-state index in [2.05, 4.69) is 15.3 Å². The second-order valence-electron chi connectivity index (χ2n) is 7.54. The Hall–Kier alpha value is -2.97. The number of H-pyrrole nitrogens is 1. The van der Waals surface area contributed by atoms with Crippen LogP contribution in [0.25, 0.3) is 11.0 Å². The minimum Gasteiger partial charge on any atom is -0.481 e. The van der Waals surface area contributed by atoms with Crippen LogP contribution in [0.15, 0.2) is 15.7 Å². The number of carboxylic acids is 1. The predicted octanol–water partition coefficient (Wildman–Crippen LogP) is 1.21. The summed E-state index contributed by atoms with van der Waals surface area (Å²) in [6, 6.07) is 1.33. The van der Waals surface area contributed by atoms with Crippen molar-refractivity contribution in [3.05, 3.63) is 38.2 Å². The van der Waals surface area contributed by atoms with Gasteiger partial charge in [-0.1, -0.05) is 20.8 Å². The van der Waals surface area contributed by atoms with Gasteiger partial charge in [-0.05, 0) is 31.2 Å². The van der Waals surface area contributed by atoms with Gasteiger partial charge in [0, 0.05) is 18.3 Å². The van der Waals surface area contributed by atoms with E-state index in [0.29, 0.717) is 31.5 Å². The van der Waals surface area contributed by atoms with Gasteiger partial charge in [-0.2, -0.15) is 0 Å². The largest absolute Gasteiger partial charge is 0.481 e. The number of fused-ring (bicyclic) bond motifs is 1. The number of carboxylic acid groups (broad SMARTS) is 1. The van der Waals surface area contributed by atoms with Crippen molar-refractivity contribution in [2.75, 3.05) is 0 Å². The Morgan fingerprint density at radius 1 is 1.36 bits per heavy atom. The highest BCUT2D eigenvalue weighted by Gasteiger charge is 2.35. The van der Waals surface area contributed by atoms with E-state index in [-0.39, 0.29) is 28.6 Å². The quantitative estimate of drug-likeness (QED) is 0.681. The van der Waals surface area contributed by atoms with Crippen molar-refractivity contribution in [3.8, 4) is 0 Å². The Morgan fingerprint density at radius 2 is 2.04 bits per heavy atom. The Labute approximate surface area is 160 Å². The monoisotopic (exact) mass is 388 g/mol. The number of aromatic amines is 1. The van der Waals surface area contributed by atoms with Gasteiger partial charge in [0.1, 0.15) is 0 Å². The number of aliphatic carboxylic acids is 1. The molecule has 150 valence electrons. The molecule has 9 nitrogen and oxygen atoms in total. The van der Waals surface area contributed by atoms with Crippen LogP contribution < -0.4 is 16.6 Å². The van der Waals surface area contributed by atoms with Crippen LogP contribution in [0.5, 0.6) is 0 Å². The number of aromatic nitrogens is 3. The molecule has 28 heavy (non-hydrogen) atoms. The van der Waals surface area contributed by atoms with Crippen LogP contribution in [0.1, 0.15) is 62.0 Å². The first-order chi connectivity index (χ1) is 13.2. The van der Waals surface area contributed by atoms with Crippen molar-refractivity contribution < 1.29 is 14.7 Å². The molecule has 3 N–H and O–H groups in total. The van der Waals surface area contributed by atoms with E-state index in [1.54, 1.807) is 6.07 Å². The number of carbonyl (C=O) groups excluding carboxylic acids is 1. The van der Waals surface area contributed by atoms with Gasteiger partial charge in [0.15, 0.2) is 5.65 Å².